The molecule has 7 heteroatoms. The van der Waals surface area contributed by atoms with Gasteiger partial charge in [0.1, 0.15) is 5.54 Å². The summed E-state index contributed by atoms with van der Waals surface area (Å²) in [5, 5.41) is 12.2. The summed E-state index contributed by atoms with van der Waals surface area (Å²) in [6.07, 6.45) is 5.12. The minimum Gasteiger partial charge on any atom is -0.358 e. The van der Waals surface area contributed by atoms with Gasteiger partial charge in [0.2, 0.25) is 5.91 Å². The van der Waals surface area contributed by atoms with Crippen LogP contribution in [-0.4, -0.2) is 33.8 Å². The summed E-state index contributed by atoms with van der Waals surface area (Å²) in [5.41, 5.74) is 5.28. The maximum Gasteiger partial charge on any atom is 0.248 e. The van der Waals surface area contributed by atoms with Gasteiger partial charge in [-0.15, -0.1) is 12.4 Å². The number of hydrogen-bond donors (Lipinski definition) is 3. The van der Waals surface area contributed by atoms with Crippen molar-refractivity contribution in [1.29, 1.82) is 0 Å². The molecule has 6 nitrogen and oxygen atoms in total. The maximum atomic E-state index is 13.3. The Morgan fingerprint density at radius 2 is 2.00 bits per heavy atom. The van der Waals surface area contributed by atoms with Crippen LogP contribution in [0.2, 0.25) is 0 Å². The molecule has 2 aromatic heterocycles. The van der Waals surface area contributed by atoms with Crippen LogP contribution in [0.25, 0.3) is 10.9 Å². The molecule has 1 amide bonds. The number of aromatic amines is 1. The molecule has 0 spiro atoms. The predicted octanol–water partition coefficient (Wildman–Crippen LogP) is 3.11. The van der Waals surface area contributed by atoms with E-state index < -0.39 is 5.54 Å². The molecule has 0 aliphatic carbocycles. The van der Waals surface area contributed by atoms with Crippen LogP contribution in [0.3, 0.4) is 0 Å². The number of piperidine rings is 1. The molecule has 3 heterocycles. The largest absolute Gasteiger partial charge is 0.358 e. The van der Waals surface area contributed by atoms with E-state index in [1.807, 2.05) is 16.9 Å². The fraction of sp³-hybridized carbons (Fsp3) is 0.429. The Morgan fingerprint density at radius 1 is 1.25 bits per heavy atom. The summed E-state index contributed by atoms with van der Waals surface area (Å²) in [4.78, 5) is 16.8. The van der Waals surface area contributed by atoms with E-state index in [2.05, 4.69) is 53.6 Å². The molecule has 0 bridgehead atoms. The van der Waals surface area contributed by atoms with Crippen molar-refractivity contribution < 1.29 is 4.79 Å². The summed E-state index contributed by atoms with van der Waals surface area (Å²) in [5.74, 6) is 0.0438. The number of carbonyl (C=O) groups is 1. The van der Waals surface area contributed by atoms with Gasteiger partial charge in [0.25, 0.3) is 0 Å². The molecule has 1 aromatic carbocycles. The Hall–Kier alpha value is -2.31. The number of nitrogens with one attached hydrogen (secondary N) is 3. The zero-order valence-electron chi connectivity index (χ0n) is 16.6. The Labute approximate surface area is 171 Å². The SMILES string of the molecule is Cc1cc(CNC(=O)C2(n3cccn3)CCNCC2)c2[nH]c(C)c(C)c2c1.Cl. The normalized spacial score (nSPS) is 16.0. The first-order chi connectivity index (χ1) is 13.0. The number of aryl methyl sites for hydroxylation is 3. The molecular formula is C21H28ClN5O. The van der Waals surface area contributed by atoms with Crippen molar-refractivity contribution in [2.75, 3.05) is 13.1 Å². The maximum absolute atomic E-state index is 13.3. The van der Waals surface area contributed by atoms with Gasteiger partial charge in [0, 0.05) is 30.0 Å². The van der Waals surface area contributed by atoms with Gasteiger partial charge in [-0.1, -0.05) is 11.6 Å². The summed E-state index contributed by atoms with van der Waals surface area (Å²) in [6, 6.07) is 6.24. The summed E-state index contributed by atoms with van der Waals surface area (Å²) >= 11 is 0. The number of nitrogens with zero attached hydrogens (tertiary/aromatic N) is 2. The standard InChI is InChI=1S/C21H27N5O.ClH/c1-14-11-17(19-18(12-14)15(2)16(3)25-19)13-23-20(27)21(5-8-22-9-6-21)26-10-4-7-24-26;/h4,7,10-12,22,25H,5-6,8-9,13H2,1-3H3,(H,23,27);1H. The molecule has 0 saturated carbocycles. The fourth-order valence-corrected chi connectivity index (χ4v) is 4.19. The zero-order valence-corrected chi connectivity index (χ0v) is 17.4. The average molecular weight is 402 g/mol. The molecule has 3 N–H and O–H groups in total. The number of amides is 1. The third-order valence-corrected chi connectivity index (χ3v) is 5.88. The van der Waals surface area contributed by atoms with Crippen molar-refractivity contribution in [1.82, 2.24) is 25.4 Å². The van der Waals surface area contributed by atoms with Gasteiger partial charge in [-0.25, -0.2) is 0 Å². The molecule has 1 aliphatic heterocycles. The zero-order chi connectivity index (χ0) is 19.0. The van der Waals surface area contributed by atoms with E-state index in [1.165, 1.54) is 22.2 Å². The van der Waals surface area contributed by atoms with Crippen molar-refractivity contribution in [2.24, 2.45) is 0 Å². The summed E-state index contributed by atoms with van der Waals surface area (Å²) in [7, 11) is 0. The van der Waals surface area contributed by atoms with E-state index in [9.17, 15) is 4.79 Å². The average Bonchev–Trinajstić information content (AvgIpc) is 3.30. The number of hydrogen-bond acceptors (Lipinski definition) is 3. The lowest BCUT2D eigenvalue weighted by Crippen LogP contribution is -2.54. The molecule has 28 heavy (non-hydrogen) atoms. The highest BCUT2D eigenvalue weighted by Gasteiger charge is 2.41. The van der Waals surface area contributed by atoms with Crippen molar-refractivity contribution >= 4 is 29.2 Å². The van der Waals surface area contributed by atoms with Crippen LogP contribution >= 0.6 is 12.4 Å². The lowest BCUT2D eigenvalue weighted by atomic mass is 9.87. The van der Waals surface area contributed by atoms with Gasteiger partial charge in [-0.05, 0) is 70.0 Å². The van der Waals surface area contributed by atoms with Crippen LogP contribution in [0.4, 0.5) is 0 Å². The van der Waals surface area contributed by atoms with Crippen LogP contribution in [0, 0.1) is 20.8 Å². The third-order valence-electron chi connectivity index (χ3n) is 5.88. The molecule has 150 valence electrons. The first-order valence-corrected chi connectivity index (χ1v) is 9.59. The van der Waals surface area contributed by atoms with Crippen LogP contribution < -0.4 is 10.6 Å². The van der Waals surface area contributed by atoms with E-state index >= 15 is 0 Å². The fourth-order valence-electron chi connectivity index (χ4n) is 4.19. The lowest BCUT2D eigenvalue weighted by Gasteiger charge is -2.36. The molecule has 0 atom stereocenters. The molecule has 0 radical (unpaired) electrons. The quantitative estimate of drug-likeness (QED) is 0.628. The van der Waals surface area contributed by atoms with E-state index in [0.29, 0.717) is 6.54 Å². The van der Waals surface area contributed by atoms with E-state index in [-0.39, 0.29) is 18.3 Å². The number of benzene rings is 1. The molecule has 4 rings (SSSR count). The second-order valence-corrected chi connectivity index (χ2v) is 7.64. The van der Waals surface area contributed by atoms with Crippen molar-refractivity contribution in [3.05, 3.63) is 53.0 Å². The lowest BCUT2D eigenvalue weighted by molar-refractivity contribution is -0.132. The highest BCUT2D eigenvalue weighted by atomic mass is 35.5. The van der Waals surface area contributed by atoms with Gasteiger partial charge in [-0.3, -0.25) is 9.48 Å². The van der Waals surface area contributed by atoms with E-state index in [1.54, 1.807) is 6.20 Å². The monoisotopic (exact) mass is 401 g/mol. The number of aromatic nitrogens is 3. The Bertz CT molecular complexity index is 971. The second-order valence-electron chi connectivity index (χ2n) is 7.64. The number of carbonyl (C=O) groups excluding carboxylic acids is 1. The number of H-pyrrole nitrogens is 1. The number of rotatable bonds is 4. The minimum atomic E-state index is -0.612. The number of halogens is 1. The van der Waals surface area contributed by atoms with Gasteiger partial charge in [0.05, 0.1) is 5.52 Å². The molecule has 3 aromatic rings. The van der Waals surface area contributed by atoms with Crippen LogP contribution in [-0.2, 0) is 16.9 Å². The van der Waals surface area contributed by atoms with Gasteiger partial charge in [-0.2, -0.15) is 5.10 Å². The summed E-state index contributed by atoms with van der Waals surface area (Å²) < 4.78 is 1.83. The van der Waals surface area contributed by atoms with Gasteiger partial charge in [0.15, 0.2) is 0 Å². The van der Waals surface area contributed by atoms with E-state index in [4.69, 9.17) is 0 Å². The highest BCUT2D eigenvalue weighted by molar-refractivity contribution is 5.89. The topological polar surface area (TPSA) is 74.7 Å². The minimum absolute atomic E-state index is 0. The molecule has 1 fully saturated rings. The Kier molecular flexibility index (Phi) is 5.82. The first-order valence-electron chi connectivity index (χ1n) is 9.59. The highest BCUT2D eigenvalue weighted by Crippen LogP contribution is 2.29. The summed E-state index contributed by atoms with van der Waals surface area (Å²) in [6.45, 7) is 8.47. The van der Waals surface area contributed by atoms with Crippen LogP contribution in [0.1, 0.15) is 35.2 Å². The Morgan fingerprint density at radius 3 is 2.68 bits per heavy atom. The van der Waals surface area contributed by atoms with Crippen molar-refractivity contribution in [2.45, 2.75) is 45.7 Å². The third kappa shape index (κ3) is 3.42. The first kappa shape index (κ1) is 20.4. The van der Waals surface area contributed by atoms with E-state index in [0.717, 1.165) is 37.0 Å². The van der Waals surface area contributed by atoms with Gasteiger partial charge < -0.3 is 15.6 Å². The van der Waals surface area contributed by atoms with Crippen LogP contribution in [0.5, 0.6) is 0 Å². The smallest absolute Gasteiger partial charge is 0.248 e. The second kappa shape index (κ2) is 7.97. The number of fused-ring (bicyclic) bond motifs is 1. The molecule has 1 saturated heterocycles. The predicted molar refractivity (Wildman–Crippen MR) is 114 cm³/mol. The van der Waals surface area contributed by atoms with Crippen molar-refractivity contribution in [3.63, 3.8) is 0 Å². The molecular weight excluding hydrogens is 374 g/mol. The van der Waals surface area contributed by atoms with Crippen molar-refractivity contribution in [3.8, 4) is 0 Å². The molecule has 1 aliphatic rings. The molecule has 0 unspecified atom stereocenters. The Balaban J connectivity index is 0.00000225. The van der Waals surface area contributed by atoms with Gasteiger partial charge >= 0.3 is 0 Å². The van der Waals surface area contributed by atoms with Crippen LogP contribution in [0.15, 0.2) is 30.6 Å².